The molecule has 29 heavy (non-hydrogen) atoms. The van der Waals surface area contributed by atoms with Crippen molar-refractivity contribution >= 4 is 35.6 Å². The van der Waals surface area contributed by atoms with E-state index >= 15 is 0 Å². The highest BCUT2D eigenvalue weighted by Crippen LogP contribution is 2.45. The van der Waals surface area contributed by atoms with Gasteiger partial charge in [0.05, 0.1) is 10.8 Å². The number of hydrazone groups is 1. The van der Waals surface area contributed by atoms with Crippen LogP contribution in [0.2, 0.25) is 0 Å². The summed E-state index contributed by atoms with van der Waals surface area (Å²) < 4.78 is 8.36. The molecule has 0 unspecified atom stereocenters. The van der Waals surface area contributed by atoms with E-state index in [2.05, 4.69) is 67.9 Å². The Morgan fingerprint density at radius 1 is 1.24 bits per heavy atom. The van der Waals surface area contributed by atoms with Gasteiger partial charge in [0.15, 0.2) is 6.61 Å². The van der Waals surface area contributed by atoms with Crippen LogP contribution in [0.25, 0.3) is 0 Å². The molecular weight excluding hydrogens is 402 g/mol. The van der Waals surface area contributed by atoms with Gasteiger partial charge >= 0.3 is 0 Å². The summed E-state index contributed by atoms with van der Waals surface area (Å²) in [5.41, 5.74) is 7.14. The van der Waals surface area contributed by atoms with E-state index in [0.29, 0.717) is 10.3 Å². The highest BCUT2D eigenvalue weighted by molar-refractivity contribution is 8.19. The second-order valence-corrected chi connectivity index (χ2v) is 10.8. The molecule has 2 aromatic rings. The van der Waals surface area contributed by atoms with E-state index in [1.807, 2.05) is 35.7 Å². The number of aromatic nitrogens is 1. The first-order valence-electron chi connectivity index (χ1n) is 9.73. The molecule has 7 heteroatoms. The molecule has 1 aliphatic rings. The van der Waals surface area contributed by atoms with E-state index in [4.69, 9.17) is 4.74 Å². The van der Waals surface area contributed by atoms with Gasteiger partial charge < -0.3 is 9.30 Å². The average Bonchev–Trinajstić information content (AvgIpc) is 3.28. The van der Waals surface area contributed by atoms with Crippen molar-refractivity contribution in [2.45, 2.75) is 44.7 Å². The van der Waals surface area contributed by atoms with E-state index < -0.39 is 0 Å². The number of carbonyl (C=O) groups is 1. The van der Waals surface area contributed by atoms with Gasteiger partial charge in [-0.15, -0.1) is 23.5 Å². The van der Waals surface area contributed by atoms with Crippen molar-refractivity contribution in [1.82, 2.24) is 9.99 Å². The van der Waals surface area contributed by atoms with Gasteiger partial charge in [-0.2, -0.15) is 5.10 Å². The molecule has 0 aliphatic carbocycles. The molecule has 1 aromatic carbocycles. The second kappa shape index (κ2) is 9.30. The van der Waals surface area contributed by atoms with Crippen LogP contribution in [0.3, 0.4) is 0 Å². The number of rotatable bonds is 6. The molecule has 0 saturated carbocycles. The maximum Gasteiger partial charge on any atom is 0.277 e. The molecule has 0 bridgehead atoms. The largest absolute Gasteiger partial charge is 0.484 e. The van der Waals surface area contributed by atoms with E-state index in [1.54, 1.807) is 6.21 Å². The standard InChI is InChI=1S/C22H29N3O2S2/c1-15-12-18(16(2)25(15)22(3,4)5)13-23-24-20(26)14-27-19-8-6-17(7-9-19)21-28-10-11-29-21/h6-9,12-13,21H,10-11,14H2,1-5H3,(H,24,26)/b23-13-. The minimum atomic E-state index is -0.281. The van der Waals surface area contributed by atoms with Gasteiger partial charge in [0, 0.05) is 34.0 Å². The predicted octanol–water partition coefficient (Wildman–Crippen LogP) is 4.87. The first-order valence-corrected chi connectivity index (χ1v) is 11.8. The van der Waals surface area contributed by atoms with Crippen LogP contribution in [0.15, 0.2) is 35.4 Å². The van der Waals surface area contributed by atoms with Crippen molar-refractivity contribution in [2.75, 3.05) is 18.1 Å². The molecule has 3 rings (SSSR count). The molecule has 2 heterocycles. The average molecular weight is 432 g/mol. The maximum atomic E-state index is 12.0. The molecule has 5 nitrogen and oxygen atoms in total. The summed E-state index contributed by atoms with van der Waals surface area (Å²) >= 11 is 3.94. The monoisotopic (exact) mass is 431 g/mol. The lowest BCUT2D eigenvalue weighted by Gasteiger charge is -2.25. The molecule has 1 saturated heterocycles. The van der Waals surface area contributed by atoms with Crippen LogP contribution in [0.5, 0.6) is 5.75 Å². The van der Waals surface area contributed by atoms with Crippen molar-refractivity contribution in [2.24, 2.45) is 5.10 Å². The summed E-state index contributed by atoms with van der Waals surface area (Å²) in [5.74, 6) is 2.81. The Bertz CT molecular complexity index is 877. The van der Waals surface area contributed by atoms with Gasteiger partial charge in [-0.1, -0.05) is 12.1 Å². The van der Waals surface area contributed by atoms with E-state index in [0.717, 1.165) is 11.3 Å². The van der Waals surface area contributed by atoms with E-state index in [9.17, 15) is 4.79 Å². The molecule has 1 aliphatic heterocycles. The van der Waals surface area contributed by atoms with Crippen molar-refractivity contribution in [1.29, 1.82) is 0 Å². The quantitative estimate of drug-likeness (QED) is 0.524. The number of hydrogen-bond donors (Lipinski definition) is 1. The van der Waals surface area contributed by atoms with Crippen molar-refractivity contribution in [3.05, 3.63) is 52.8 Å². The highest BCUT2D eigenvalue weighted by atomic mass is 32.2. The van der Waals surface area contributed by atoms with Gasteiger partial charge in [0.2, 0.25) is 0 Å². The van der Waals surface area contributed by atoms with Crippen LogP contribution < -0.4 is 10.2 Å². The molecular formula is C22H29N3O2S2. The Morgan fingerprint density at radius 3 is 2.48 bits per heavy atom. The Balaban J connectivity index is 1.50. The zero-order chi connectivity index (χ0) is 21.0. The third-order valence-corrected chi connectivity index (χ3v) is 7.78. The van der Waals surface area contributed by atoms with Crippen molar-refractivity contribution < 1.29 is 9.53 Å². The molecule has 0 spiro atoms. The van der Waals surface area contributed by atoms with Crippen LogP contribution in [0.1, 0.15) is 47.9 Å². The van der Waals surface area contributed by atoms with Crippen LogP contribution in [-0.2, 0) is 10.3 Å². The fraction of sp³-hybridized carbons (Fsp3) is 0.455. The lowest BCUT2D eigenvalue weighted by Crippen LogP contribution is -2.25. The predicted molar refractivity (Wildman–Crippen MR) is 124 cm³/mol. The minimum Gasteiger partial charge on any atom is -0.484 e. The van der Waals surface area contributed by atoms with E-state index in [1.165, 1.54) is 22.8 Å². The maximum absolute atomic E-state index is 12.0. The van der Waals surface area contributed by atoms with Crippen molar-refractivity contribution in [3.63, 3.8) is 0 Å². The van der Waals surface area contributed by atoms with Crippen molar-refractivity contribution in [3.8, 4) is 5.75 Å². The highest BCUT2D eigenvalue weighted by Gasteiger charge is 2.19. The SMILES string of the molecule is Cc1cc(/C=N\NC(=O)COc2ccc(C3SCCS3)cc2)c(C)n1C(C)(C)C. The number of hydrogen-bond acceptors (Lipinski definition) is 5. The fourth-order valence-corrected chi connectivity index (χ4v) is 6.44. The minimum absolute atomic E-state index is 0.00202. The molecule has 156 valence electrons. The van der Waals surface area contributed by atoms with Gasteiger partial charge in [-0.25, -0.2) is 5.43 Å². The molecule has 1 aromatic heterocycles. The van der Waals surface area contributed by atoms with E-state index in [-0.39, 0.29) is 18.1 Å². The number of carbonyl (C=O) groups excluding carboxylic acids is 1. The number of nitrogens with zero attached hydrogens (tertiary/aromatic N) is 2. The topological polar surface area (TPSA) is 55.6 Å². The summed E-state index contributed by atoms with van der Waals surface area (Å²) in [6, 6.07) is 10.1. The zero-order valence-electron chi connectivity index (χ0n) is 17.7. The van der Waals surface area contributed by atoms with Gasteiger partial charge in [-0.05, 0) is 58.4 Å². The Morgan fingerprint density at radius 2 is 1.90 bits per heavy atom. The van der Waals surface area contributed by atoms with Crippen LogP contribution in [-0.4, -0.2) is 34.8 Å². The van der Waals surface area contributed by atoms with Crippen LogP contribution in [0.4, 0.5) is 0 Å². The lowest BCUT2D eigenvalue weighted by molar-refractivity contribution is -0.123. The first kappa shape index (κ1) is 21.8. The number of amides is 1. The lowest BCUT2D eigenvalue weighted by atomic mass is 10.1. The molecule has 0 atom stereocenters. The number of thioether (sulfide) groups is 2. The zero-order valence-corrected chi connectivity index (χ0v) is 19.3. The van der Waals surface area contributed by atoms with Gasteiger partial charge in [0.1, 0.15) is 5.75 Å². The third-order valence-electron chi connectivity index (χ3n) is 4.68. The number of nitrogens with one attached hydrogen (secondary N) is 1. The fourth-order valence-electron chi connectivity index (χ4n) is 3.58. The molecule has 0 radical (unpaired) electrons. The summed E-state index contributed by atoms with van der Waals surface area (Å²) in [7, 11) is 0. The molecule has 1 N–H and O–H groups in total. The Labute approximate surface area is 181 Å². The Hall–Kier alpha value is -1.86. The summed E-state index contributed by atoms with van der Waals surface area (Å²) in [6.45, 7) is 10.6. The third kappa shape index (κ3) is 5.60. The summed E-state index contributed by atoms with van der Waals surface area (Å²) in [5, 5.41) is 4.09. The van der Waals surface area contributed by atoms with Gasteiger partial charge in [0.25, 0.3) is 5.91 Å². The smallest absolute Gasteiger partial charge is 0.277 e. The number of ether oxygens (including phenoxy) is 1. The summed E-state index contributed by atoms with van der Waals surface area (Å²) in [6.07, 6.45) is 1.69. The molecule has 1 amide bonds. The second-order valence-electron chi connectivity index (χ2n) is 8.06. The molecule has 1 fully saturated rings. The number of benzene rings is 1. The van der Waals surface area contributed by atoms with Crippen LogP contribution in [0, 0.1) is 13.8 Å². The number of aryl methyl sites for hydroxylation is 1. The first-order chi connectivity index (χ1) is 13.8. The Kier molecular flexibility index (Phi) is 7.01. The summed E-state index contributed by atoms with van der Waals surface area (Å²) in [4.78, 5) is 12.0. The normalized spacial score (nSPS) is 15.2. The van der Waals surface area contributed by atoms with Gasteiger partial charge in [-0.3, -0.25) is 4.79 Å². The van der Waals surface area contributed by atoms with Crippen LogP contribution >= 0.6 is 23.5 Å².